The van der Waals surface area contributed by atoms with Crippen LogP contribution in [-0.2, 0) is 13.5 Å². The molecule has 90 valence electrons. The first-order valence-electron chi connectivity index (χ1n) is 4.91. The lowest BCUT2D eigenvalue weighted by atomic mass is 10.2. The predicted molar refractivity (Wildman–Crippen MR) is 62.7 cm³/mol. The van der Waals surface area contributed by atoms with Crippen LogP contribution >= 0.6 is 11.5 Å². The summed E-state index contributed by atoms with van der Waals surface area (Å²) in [6.07, 6.45) is 0.674. The van der Waals surface area contributed by atoms with Gasteiger partial charge < -0.3 is 5.73 Å². The van der Waals surface area contributed by atoms with Gasteiger partial charge in [0, 0.05) is 18.6 Å². The number of nitrogens with zero attached hydrogens (tertiary/aromatic N) is 5. The van der Waals surface area contributed by atoms with E-state index in [2.05, 4.69) is 25.2 Å². The first-order valence-corrected chi connectivity index (χ1v) is 5.68. The van der Waals surface area contributed by atoms with Crippen molar-refractivity contribution in [2.75, 3.05) is 11.1 Å². The molecule has 2 rings (SSSR count). The summed E-state index contributed by atoms with van der Waals surface area (Å²) in [5.41, 5.74) is 7.26. The summed E-state index contributed by atoms with van der Waals surface area (Å²) in [7, 11) is 1.67. The summed E-state index contributed by atoms with van der Waals surface area (Å²) < 4.78 is 5.00. The van der Waals surface area contributed by atoms with E-state index in [-0.39, 0.29) is 5.91 Å². The molecule has 2 aromatic rings. The topological polar surface area (TPSA) is 112 Å². The molecule has 9 heteroatoms. The van der Waals surface area contributed by atoms with Crippen molar-refractivity contribution >= 4 is 28.3 Å². The monoisotopic (exact) mass is 253 g/mol. The summed E-state index contributed by atoms with van der Waals surface area (Å²) in [5.74, 6) is -0.365. The summed E-state index contributed by atoms with van der Waals surface area (Å²) in [6.45, 7) is 1.93. The van der Waals surface area contributed by atoms with Crippen molar-refractivity contribution in [2.45, 2.75) is 13.3 Å². The number of anilines is 2. The van der Waals surface area contributed by atoms with Crippen LogP contribution in [-0.4, -0.2) is 30.5 Å². The molecule has 0 aromatic carbocycles. The maximum atomic E-state index is 11.9. The molecule has 0 aliphatic rings. The Morgan fingerprint density at radius 3 is 2.88 bits per heavy atom. The fourth-order valence-electron chi connectivity index (χ4n) is 1.46. The summed E-state index contributed by atoms with van der Waals surface area (Å²) in [4.78, 5) is 11.9. The lowest BCUT2D eigenvalue weighted by Crippen LogP contribution is -2.17. The van der Waals surface area contributed by atoms with Crippen LogP contribution in [0.5, 0.6) is 0 Å². The molecule has 1 amide bonds. The molecule has 0 aliphatic heterocycles. The average molecular weight is 253 g/mol. The van der Waals surface area contributed by atoms with E-state index in [9.17, 15) is 4.79 Å². The maximum absolute atomic E-state index is 11.9. The smallest absolute Gasteiger partial charge is 0.277 e. The van der Waals surface area contributed by atoms with Crippen LogP contribution in [0.2, 0.25) is 0 Å². The molecule has 0 saturated heterocycles. The second-order valence-corrected chi connectivity index (χ2v) is 4.04. The van der Waals surface area contributed by atoms with Crippen LogP contribution in [0.1, 0.15) is 23.1 Å². The Hall–Kier alpha value is -2.03. The van der Waals surface area contributed by atoms with Gasteiger partial charge in [0.2, 0.25) is 5.13 Å². The molecule has 2 heterocycles. The number of carbonyl (C=O) groups is 1. The first-order chi connectivity index (χ1) is 8.13. The number of aryl methyl sites for hydroxylation is 2. The Kier molecular flexibility index (Phi) is 3.00. The number of hydrogen-bond donors (Lipinski definition) is 2. The standard InChI is InChI=1S/C8H11N7OS/c1-3-4-5(9)6(15(2)12-4)7(16)10-8-11-13-14-17-8/h3,9H2,1-2H3,(H,10,11,14,16). The molecular formula is C8H11N7OS. The molecule has 0 unspecified atom stereocenters. The van der Waals surface area contributed by atoms with Gasteiger partial charge in [-0.3, -0.25) is 14.8 Å². The Bertz CT molecular complexity index is 532. The molecule has 2 aromatic heterocycles. The van der Waals surface area contributed by atoms with Gasteiger partial charge in [0.05, 0.1) is 11.4 Å². The average Bonchev–Trinajstić information content (AvgIpc) is 2.87. The van der Waals surface area contributed by atoms with Crippen LogP contribution in [0.25, 0.3) is 0 Å². The van der Waals surface area contributed by atoms with Crippen LogP contribution < -0.4 is 11.1 Å². The van der Waals surface area contributed by atoms with Gasteiger partial charge in [-0.25, -0.2) is 0 Å². The number of rotatable bonds is 3. The lowest BCUT2D eigenvalue weighted by Gasteiger charge is -2.01. The van der Waals surface area contributed by atoms with Crippen LogP contribution in [0.3, 0.4) is 0 Å². The maximum Gasteiger partial charge on any atom is 0.277 e. The quantitative estimate of drug-likeness (QED) is 0.800. The predicted octanol–water partition coefficient (Wildman–Crippen LogP) is 0.0635. The SMILES string of the molecule is CCc1nn(C)c(C(=O)Nc2nnns2)c1N. The van der Waals surface area contributed by atoms with E-state index in [1.165, 1.54) is 4.68 Å². The zero-order chi connectivity index (χ0) is 12.4. The van der Waals surface area contributed by atoms with E-state index < -0.39 is 0 Å². The van der Waals surface area contributed by atoms with E-state index in [0.29, 0.717) is 28.6 Å². The lowest BCUT2D eigenvalue weighted by molar-refractivity contribution is 0.101. The molecule has 0 bridgehead atoms. The van der Waals surface area contributed by atoms with E-state index in [0.717, 1.165) is 11.5 Å². The number of nitrogens with one attached hydrogen (secondary N) is 1. The highest BCUT2D eigenvalue weighted by molar-refractivity contribution is 7.09. The Balaban J connectivity index is 2.28. The number of nitrogen functional groups attached to an aromatic ring is 1. The molecular weight excluding hydrogens is 242 g/mol. The summed E-state index contributed by atoms with van der Waals surface area (Å²) in [5, 5.41) is 14.1. The number of hydrogen-bond acceptors (Lipinski definition) is 7. The third-order valence-corrected chi connectivity index (χ3v) is 2.74. The Labute approximate surface area is 101 Å². The van der Waals surface area contributed by atoms with Crippen molar-refractivity contribution in [1.29, 1.82) is 0 Å². The van der Waals surface area contributed by atoms with Gasteiger partial charge in [-0.05, 0) is 11.6 Å². The van der Waals surface area contributed by atoms with Crippen molar-refractivity contribution in [3.63, 3.8) is 0 Å². The molecule has 0 fully saturated rings. The number of amides is 1. The van der Waals surface area contributed by atoms with Gasteiger partial charge >= 0.3 is 0 Å². The Morgan fingerprint density at radius 2 is 2.35 bits per heavy atom. The Morgan fingerprint density at radius 1 is 1.59 bits per heavy atom. The summed E-state index contributed by atoms with van der Waals surface area (Å²) in [6, 6.07) is 0. The second-order valence-electron chi connectivity index (χ2n) is 3.31. The zero-order valence-electron chi connectivity index (χ0n) is 9.34. The van der Waals surface area contributed by atoms with Crippen molar-refractivity contribution < 1.29 is 4.79 Å². The normalized spacial score (nSPS) is 10.5. The molecule has 17 heavy (non-hydrogen) atoms. The third kappa shape index (κ3) is 2.09. The zero-order valence-corrected chi connectivity index (χ0v) is 10.2. The second kappa shape index (κ2) is 4.45. The fourth-order valence-corrected chi connectivity index (χ4v) is 1.83. The highest BCUT2D eigenvalue weighted by Crippen LogP contribution is 2.18. The highest BCUT2D eigenvalue weighted by Gasteiger charge is 2.19. The largest absolute Gasteiger partial charge is 0.395 e. The molecule has 3 N–H and O–H groups in total. The molecule has 8 nitrogen and oxygen atoms in total. The van der Waals surface area contributed by atoms with Crippen molar-refractivity contribution in [2.24, 2.45) is 7.05 Å². The van der Waals surface area contributed by atoms with Crippen molar-refractivity contribution in [1.82, 2.24) is 24.6 Å². The van der Waals surface area contributed by atoms with Crippen LogP contribution in [0, 0.1) is 0 Å². The summed E-state index contributed by atoms with van der Waals surface area (Å²) >= 11 is 0.996. The van der Waals surface area contributed by atoms with Gasteiger partial charge in [0.1, 0.15) is 5.69 Å². The van der Waals surface area contributed by atoms with Crippen molar-refractivity contribution in [3.8, 4) is 0 Å². The van der Waals surface area contributed by atoms with Gasteiger partial charge in [0.25, 0.3) is 5.91 Å². The number of aromatic nitrogens is 5. The first kappa shape index (κ1) is 11.5. The van der Waals surface area contributed by atoms with E-state index in [1.54, 1.807) is 7.05 Å². The number of carbonyl (C=O) groups excluding carboxylic acids is 1. The molecule has 0 aliphatic carbocycles. The number of nitrogens with two attached hydrogens (primary N) is 1. The molecule has 0 atom stereocenters. The van der Waals surface area contributed by atoms with E-state index in [4.69, 9.17) is 5.73 Å². The van der Waals surface area contributed by atoms with Gasteiger partial charge in [-0.1, -0.05) is 16.5 Å². The fraction of sp³-hybridized carbons (Fsp3) is 0.375. The minimum Gasteiger partial charge on any atom is -0.395 e. The minimum atomic E-state index is -0.365. The van der Waals surface area contributed by atoms with Crippen molar-refractivity contribution in [3.05, 3.63) is 11.4 Å². The molecule has 0 radical (unpaired) electrons. The van der Waals surface area contributed by atoms with Gasteiger partial charge in [-0.2, -0.15) is 5.10 Å². The molecule has 0 saturated carbocycles. The highest BCUT2D eigenvalue weighted by atomic mass is 32.1. The molecule has 0 spiro atoms. The van der Waals surface area contributed by atoms with Crippen LogP contribution in [0.15, 0.2) is 0 Å². The minimum absolute atomic E-state index is 0.317. The third-order valence-electron chi connectivity index (χ3n) is 2.23. The van der Waals surface area contributed by atoms with Crippen LogP contribution in [0.4, 0.5) is 10.8 Å². The van der Waals surface area contributed by atoms with Gasteiger partial charge in [-0.15, -0.1) is 0 Å². The van der Waals surface area contributed by atoms with E-state index in [1.807, 2.05) is 6.92 Å². The van der Waals surface area contributed by atoms with E-state index >= 15 is 0 Å². The van der Waals surface area contributed by atoms with Gasteiger partial charge in [0.15, 0.2) is 0 Å².